The Morgan fingerprint density at radius 1 is 0.980 bits per heavy atom. The molecule has 5 rings (SSSR count). The van der Waals surface area contributed by atoms with E-state index in [1.165, 1.54) is 7.11 Å². The average molecular weight is 685 g/mol. The summed E-state index contributed by atoms with van der Waals surface area (Å²) in [6.07, 6.45) is 5.33. The van der Waals surface area contributed by atoms with Crippen molar-refractivity contribution in [2.75, 3.05) is 13.7 Å². The molecule has 1 aromatic carbocycles. The zero-order chi connectivity index (χ0) is 35.5. The number of hydrogen-bond acceptors (Lipinski definition) is 9. The fourth-order valence-electron chi connectivity index (χ4n) is 11.0. The minimum Gasteiger partial charge on any atom is -0.467 e. The van der Waals surface area contributed by atoms with Crippen molar-refractivity contribution in [1.29, 1.82) is 0 Å². The predicted molar refractivity (Wildman–Crippen MR) is 185 cm³/mol. The molecule has 0 aliphatic heterocycles. The van der Waals surface area contributed by atoms with Crippen LogP contribution < -0.4 is 5.73 Å². The van der Waals surface area contributed by atoms with Crippen LogP contribution in [0.1, 0.15) is 103 Å². The van der Waals surface area contributed by atoms with Crippen molar-refractivity contribution in [2.45, 2.75) is 129 Å². The van der Waals surface area contributed by atoms with E-state index in [-0.39, 0.29) is 66.5 Å². The van der Waals surface area contributed by atoms with Crippen molar-refractivity contribution in [2.24, 2.45) is 52.1 Å². The lowest BCUT2D eigenvalue weighted by Crippen LogP contribution is -2.62. The Morgan fingerprint density at radius 3 is 2.41 bits per heavy atom. The van der Waals surface area contributed by atoms with Crippen molar-refractivity contribution in [3.63, 3.8) is 0 Å². The molecule has 0 spiro atoms. The number of fused-ring (bicyclic) bond motifs is 5. The van der Waals surface area contributed by atoms with Crippen LogP contribution in [0.5, 0.6) is 0 Å². The number of amides is 2. The number of carbonyl (C=O) groups excluding carboxylic acids is 3. The number of ether oxygens (including phenoxy) is 2. The van der Waals surface area contributed by atoms with Crippen LogP contribution >= 0.6 is 0 Å². The molecule has 4 saturated carbocycles. The monoisotopic (exact) mass is 684 g/mol. The summed E-state index contributed by atoms with van der Waals surface area (Å²) in [5.41, 5.74) is 6.05. The van der Waals surface area contributed by atoms with Crippen molar-refractivity contribution < 1.29 is 39.2 Å². The number of nitrogens with zero attached hydrogens (tertiary/aromatic N) is 1. The maximum atomic E-state index is 14.0. The Hall–Kier alpha value is -2.53. The molecule has 10 heteroatoms. The summed E-state index contributed by atoms with van der Waals surface area (Å²) in [6, 6.07) is 8.06. The summed E-state index contributed by atoms with van der Waals surface area (Å²) in [6.45, 7) is 7.03. The minimum atomic E-state index is -1.12. The van der Waals surface area contributed by atoms with Gasteiger partial charge in [0.1, 0.15) is 12.6 Å². The summed E-state index contributed by atoms with van der Waals surface area (Å²) in [5, 5.41) is 34.0. The number of benzene rings is 1. The van der Waals surface area contributed by atoms with Crippen LogP contribution in [-0.4, -0.2) is 76.2 Å². The maximum Gasteiger partial charge on any atom is 0.417 e. The zero-order valence-electron chi connectivity index (χ0n) is 30.0. The number of unbranched alkanes of at least 4 members (excludes halogenated alkanes) is 1. The summed E-state index contributed by atoms with van der Waals surface area (Å²) in [4.78, 5) is 41.4. The van der Waals surface area contributed by atoms with E-state index in [4.69, 9.17) is 15.2 Å². The number of rotatable bonds is 12. The molecule has 274 valence electrons. The van der Waals surface area contributed by atoms with E-state index in [0.29, 0.717) is 38.6 Å². The number of aliphatic hydroxyl groups excluding tert-OH is 3. The Balaban J connectivity index is 1.30. The van der Waals surface area contributed by atoms with Gasteiger partial charge in [-0.25, -0.2) is 14.5 Å². The van der Waals surface area contributed by atoms with Gasteiger partial charge in [0.15, 0.2) is 0 Å². The Bertz CT molecular complexity index is 1290. The summed E-state index contributed by atoms with van der Waals surface area (Å²) in [7, 11) is 1.25. The highest BCUT2D eigenvalue weighted by atomic mass is 16.6. The second-order valence-corrected chi connectivity index (χ2v) is 16.2. The van der Waals surface area contributed by atoms with Crippen molar-refractivity contribution >= 4 is 18.0 Å². The molecule has 0 heterocycles. The van der Waals surface area contributed by atoms with Gasteiger partial charge < -0.3 is 30.5 Å². The molecule has 0 bridgehead atoms. The van der Waals surface area contributed by atoms with E-state index in [2.05, 4.69) is 20.8 Å². The lowest BCUT2D eigenvalue weighted by molar-refractivity contribution is -0.207. The molecule has 12 atom stereocenters. The van der Waals surface area contributed by atoms with Crippen LogP contribution in [0.25, 0.3) is 0 Å². The predicted octanol–water partition coefficient (Wildman–Crippen LogP) is 5.20. The Kier molecular flexibility index (Phi) is 12.2. The zero-order valence-corrected chi connectivity index (χ0v) is 30.0. The van der Waals surface area contributed by atoms with Crippen LogP contribution in [0.15, 0.2) is 30.3 Å². The molecule has 0 saturated heterocycles. The molecule has 0 unspecified atom stereocenters. The summed E-state index contributed by atoms with van der Waals surface area (Å²) >= 11 is 0. The van der Waals surface area contributed by atoms with E-state index in [9.17, 15) is 29.7 Å². The largest absolute Gasteiger partial charge is 0.467 e. The van der Waals surface area contributed by atoms with Crippen LogP contribution in [0.4, 0.5) is 4.79 Å². The number of hydrogen-bond donors (Lipinski definition) is 4. The van der Waals surface area contributed by atoms with Crippen LogP contribution in [0.2, 0.25) is 0 Å². The average Bonchev–Trinajstić information content (AvgIpc) is 3.45. The van der Waals surface area contributed by atoms with Crippen LogP contribution in [0, 0.1) is 46.3 Å². The van der Waals surface area contributed by atoms with Crippen molar-refractivity contribution in [3.05, 3.63) is 35.9 Å². The van der Waals surface area contributed by atoms with Gasteiger partial charge in [0.2, 0.25) is 5.91 Å². The number of esters is 1. The molecule has 0 aromatic heterocycles. The van der Waals surface area contributed by atoms with E-state index in [1.54, 1.807) is 0 Å². The highest BCUT2D eigenvalue weighted by molar-refractivity contribution is 5.96. The molecule has 4 aliphatic rings. The van der Waals surface area contributed by atoms with Gasteiger partial charge in [-0.2, -0.15) is 0 Å². The third-order valence-corrected chi connectivity index (χ3v) is 13.7. The number of aliphatic hydroxyl groups is 3. The summed E-state index contributed by atoms with van der Waals surface area (Å²) in [5.74, 6) is -0.233. The SMILES string of the molecule is COC(=O)[C@H](CCCCN)N(C(=O)CC[C@@H](C)[C@H]1CC[C@H]2[C@@H]3[C@H](O)C[C@@H]4C[C@H](O)CC[C@]4(C)[C@H]3C[C@H](O)[C@]12C)C(=O)OCc1ccccc1. The molecule has 0 radical (unpaired) electrons. The molecular weight excluding hydrogens is 624 g/mol. The first kappa shape index (κ1) is 37.7. The van der Waals surface area contributed by atoms with Crippen LogP contribution in [0.3, 0.4) is 0 Å². The first-order chi connectivity index (χ1) is 23.4. The highest BCUT2D eigenvalue weighted by Gasteiger charge is 2.65. The number of nitrogens with two attached hydrogens (primary N) is 1. The van der Waals surface area contributed by atoms with Crippen molar-refractivity contribution in [1.82, 2.24) is 4.90 Å². The van der Waals surface area contributed by atoms with E-state index < -0.39 is 41.6 Å². The van der Waals surface area contributed by atoms with Gasteiger partial charge in [-0.05, 0) is 129 Å². The van der Waals surface area contributed by atoms with Gasteiger partial charge in [0, 0.05) is 6.42 Å². The lowest BCUT2D eigenvalue weighted by atomic mass is 9.43. The second kappa shape index (κ2) is 15.8. The fourth-order valence-corrected chi connectivity index (χ4v) is 11.0. The minimum absolute atomic E-state index is 0.000465. The molecule has 2 amide bonds. The molecule has 49 heavy (non-hydrogen) atoms. The number of carbonyl (C=O) groups is 3. The van der Waals surface area contributed by atoms with Gasteiger partial charge in [0.05, 0.1) is 25.4 Å². The van der Waals surface area contributed by atoms with E-state index in [1.807, 2.05) is 30.3 Å². The van der Waals surface area contributed by atoms with Gasteiger partial charge >= 0.3 is 12.1 Å². The van der Waals surface area contributed by atoms with Crippen LogP contribution in [-0.2, 0) is 25.7 Å². The van der Waals surface area contributed by atoms with Gasteiger partial charge in [-0.3, -0.25) is 4.79 Å². The quantitative estimate of drug-likeness (QED) is 0.171. The van der Waals surface area contributed by atoms with Crippen molar-refractivity contribution in [3.8, 4) is 0 Å². The first-order valence-electron chi connectivity index (χ1n) is 18.7. The standard InChI is InChI=1S/C39H60N2O8/c1-24(13-16-34(45)41(31(36(46)48-4)12-8-9-19-40)37(47)49-23-25-10-6-5-7-11-25)28-14-15-29-35-30(22-33(44)39(28,29)3)38(2)18-17-27(42)20-26(38)21-32(35)43/h5-7,10-11,24,26-33,35,42-44H,8-9,12-23,40H2,1-4H3/t24-,26+,27-,28-,29+,30+,31+,32-,33+,35+,38+,39-/m1/s1. The second-order valence-electron chi connectivity index (χ2n) is 16.2. The molecule has 10 nitrogen and oxygen atoms in total. The highest BCUT2D eigenvalue weighted by Crippen LogP contribution is 2.68. The molecule has 4 aliphatic carbocycles. The normalized spacial score (nSPS) is 36.4. The third kappa shape index (κ3) is 7.44. The Labute approximate surface area is 292 Å². The first-order valence-corrected chi connectivity index (χ1v) is 18.7. The smallest absolute Gasteiger partial charge is 0.417 e. The lowest BCUT2D eigenvalue weighted by Gasteiger charge is -2.63. The van der Waals surface area contributed by atoms with Gasteiger partial charge in [0.25, 0.3) is 0 Å². The number of methoxy groups -OCH3 is 1. The topological polar surface area (TPSA) is 160 Å². The van der Waals surface area contributed by atoms with E-state index in [0.717, 1.165) is 42.6 Å². The van der Waals surface area contributed by atoms with E-state index >= 15 is 0 Å². The number of imide groups is 1. The fraction of sp³-hybridized carbons (Fsp3) is 0.769. The summed E-state index contributed by atoms with van der Waals surface area (Å²) < 4.78 is 10.6. The molecule has 4 fully saturated rings. The molecule has 1 aromatic rings. The Morgan fingerprint density at radius 2 is 1.71 bits per heavy atom. The molecular formula is C39H60N2O8. The third-order valence-electron chi connectivity index (χ3n) is 13.7. The van der Waals surface area contributed by atoms with Gasteiger partial charge in [-0.15, -0.1) is 0 Å². The maximum absolute atomic E-state index is 14.0. The molecule has 5 N–H and O–H groups in total. The van der Waals surface area contributed by atoms with Gasteiger partial charge in [-0.1, -0.05) is 51.1 Å².